The second-order valence-corrected chi connectivity index (χ2v) is 5.56. The molecule has 0 aromatic carbocycles. The number of urea groups is 1. The SMILES string of the molecule is CCN(CC(=O)O)C1CC(NC(=O)Nc2ccnc(C)c2)C1. The van der Waals surface area contributed by atoms with Crippen molar-refractivity contribution in [1.29, 1.82) is 0 Å². The summed E-state index contributed by atoms with van der Waals surface area (Å²) in [5, 5.41) is 14.5. The fraction of sp³-hybridized carbons (Fsp3) is 0.533. The Kier molecular flexibility index (Phi) is 5.32. The Morgan fingerprint density at radius 3 is 2.77 bits per heavy atom. The van der Waals surface area contributed by atoms with Gasteiger partial charge in [-0.15, -0.1) is 0 Å². The van der Waals surface area contributed by atoms with Crippen LogP contribution in [0.4, 0.5) is 10.5 Å². The topological polar surface area (TPSA) is 94.6 Å². The number of hydrogen-bond acceptors (Lipinski definition) is 4. The number of nitrogens with one attached hydrogen (secondary N) is 2. The van der Waals surface area contributed by atoms with Gasteiger partial charge in [-0.1, -0.05) is 6.92 Å². The molecule has 0 atom stereocenters. The molecule has 2 amide bonds. The fourth-order valence-corrected chi connectivity index (χ4v) is 2.65. The number of pyridine rings is 1. The van der Waals surface area contributed by atoms with E-state index in [1.165, 1.54) is 0 Å². The van der Waals surface area contributed by atoms with Gasteiger partial charge < -0.3 is 15.7 Å². The number of hydrogen-bond donors (Lipinski definition) is 3. The first-order chi connectivity index (χ1) is 10.5. The number of anilines is 1. The van der Waals surface area contributed by atoms with E-state index in [2.05, 4.69) is 15.6 Å². The Balaban J connectivity index is 1.75. The van der Waals surface area contributed by atoms with Crippen LogP contribution < -0.4 is 10.6 Å². The summed E-state index contributed by atoms with van der Waals surface area (Å²) in [7, 11) is 0. The first kappa shape index (κ1) is 16.2. The smallest absolute Gasteiger partial charge is 0.319 e. The highest BCUT2D eigenvalue weighted by molar-refractivity contribution is 5.89. The first-order valence-electron chi connectivity index (χ1n) is 7.44. The van der Waals surface area contributed by atoms with Crippen molar-refractivity contribution in [2.75, 3.05) is 18.4 Å². The van der Waals surface area contributed by atoms with Crippen molar-refractivity contribution in [3.63, 3.8) is 0 Å². The van der Waals surface area contributed by atoms with Gasteiger partial charge in [0.2, 0.25) is 0 Å². The number of carbonyl (C=O) groups is 2. The number of carboxylic acid groups (broad SMARTS) is 1. The maximum Gasteiger partial charge on any atom is 0.319 e. The predicted octanol–water partition coefficient (Wildman–Crippen LogP) is 1.45. The monoisotopic (exact) mass is 306 g/mol. The van der Waals surface area contributed by atoms with Crippen LogP contribution in [0.15, 0.2) is 18.3 Å². The van der Waals surface area contributed by atoms with E-state index in [0.29, 0.717) is 12.2 Å². The molecule has 3 N–H and O–H groups in total. The average Bonchev–Trinajstić information content (AvgIpc) is 2.40. The molecule has 2 rings (SSSR count). The largest absolute Gasteiger partial charge is 0.480 e. The van der Waals surface area contributed by atoms with Crippen molar-refractivity contribution in [2.24, 2.45) is 0 Å². The Morgan fingerprint density at radius 2 is 2.18 bits per heavy atom. The summed E-state index contributed by atoms with van der Waals surface area (Å²) in [6, 6.07) is 3.62. The molecule has 120 valence electrons. The fourth-order valence-electron chi connectivity index (χ4n) is 2.65. The summed E-state index contributed by atoms with van der Waals surface area (Å²) in [5.74, 6) is -0.816. The number of aromatic nitrogens is 1. The van der Waals surface area contributed by atoms with Crippen LogP contribution in [0.3, 0.4) is 0 Å². The lowest BCUT2D eigenvalue weighted by Crippen LogP contribution is -2.55. The quantitative estimate of drug-likeness (QED) is 0.739. The minimum Gasteiger partial charge on any atom is -0.480 e. The Hall–Kier alpha value is -2.15. The normalized spacial score (nSPS) is 20.3. The van der Waals surface area contributed by atoms with E-state index in [1.54, 1.807) is 18.3 Å². The zero-order valence-electron chi connectivity index (χ0n) is 12.9. The maximum absolute atomic E-state index is 11.9. The van der Waals surface area contributed by atoms with Crippen molar-refractivity contribution in [2.45, 2.75) is 38.8 Å². The average molecular weight is 306 g/mol. The molecule has 1 fully saturated rings. The summed E-state index contributed by atoms with van der Waals surface area (Å²) < 4.78 is 0. The van der Waals surface area contributed by atoms with Gasteiger partial charge in [-0.3, -0.25) is 14.7 Å². The van der Waals surface area contributed by atoms with Crippen LogP contribution in [0, 0.1) is 6.92 Å². The molecule has 22 heavy (non-hydrogen) atoms. The second-order valence-electron chi connectivity index (χ2n) is 5.56. The van der Waals surface area contributed by atoms with E-state index in [4.69, 9.17) is 5.11 Å². The number of likely N-dealkylation sites (N-methyl/N-ethyl adjacent to an activating group) is 1. The van der Waals surface area contributed by atoms with Gasteiger partial charge in [0, 0.05) is 29.7 Å². The van der Waals surface area contributed by atoms with E-state index in [-0.39, 0.29) is 24.7 Å². The second kappa shape index (κ2) is 7.22. The van der Waals surface area contributed by atoms with Crippen molar-refractivity contribution >= 4 is 17.7 Å². The standard InChI is InChI=1S/C15H22N4O3/c1-3-19(9-14(20)21)13-7-12(8-13)18-15(22)17-11-4-5-16-10(2)6-11/h4-6,12-13H,3,7-9H2,1-2H3,(H,20,21)(H2,16,17,18,22). The molecule has 0 aliphatic heterocycles. The van der Waals surface area contributed by atoms with Gasteiger partial charge in [0.05, 0.1) is 6.54 Å². The van der Waals surface area contributed by atoms with Crippen LogP contribution in [-0.4, -0.2) is 52.2 Å². The molecule has 0 spiro atoms. The highest BCUT2D eigenvalue weighted by atomic mass is 16.4. The lowest BCUT2D eigenvalue weighted by Gasteiger charge is -2.42. The molecule has 1 aromatic rings. The molecule has 1 aliphatic rings. The molecule has 7 heteroatoms. The highest BCUT2D eigenvalue weighted by Crippen LogP contribution is 2.25. The molecular formula is C15H22N4O3. The van der Waals surface area contributed by atoms with Gasteiger partial charge in [0.25, 0.3) is 0 Å². The van der Waals surface area contributed by atoms with Gasteiger partial charge in [0.15, 0.2) is 0 Å². The number of carboxylic acids is 1. The van der Waals surface area contributed by atoms with Crippen LogP contribution in [0.25, 0.3) is 0 Å². The zero-order valence-corrected chi connectivity index (χ0v) is 12.9. The molecule has 7 nitrogen and oxygen atoms in total. The lowest BCUT2D eigenvalue weighted by molar-refractivity contribution is -0.139. The Bertz CT molecular complexity index is 543. The Morgan fingerprint density at radius 1 is 1.45 bits per heavy atom. The summed E-state index contributed by atoms with van der Waals surface area (Å²) in [6.45, 7) is 4.56. The van der Waals surface area contributed by atoms with Crippen molar-refractivity contribution in [3.8, 4) is 0 Å². The third-order valence-electron chi connectivity index (χ3n) is 3.86. The molecule has 1 aliphatic carbocycles. The molecule has 0 saturated heterocycles. The number of aryl methyl sites for hydroxylation is 1. The van der Waals surface area contributed by atoms with Crippen LogP contribution in [0.5, 0.6) is 0 Å². The van der Waals surface area contributed by atoms with Crippen LogP contribution in [0.2, 0.25) is 0 Å². The summed E-state index contributed by atoms with van der Waals surface area (Å²) in [5.41, 5.74) is 1.55. The van der Waals surface area contributed by atoms with Gasteiger partial charge >= 0.3 is 12.0 Å². The van der Waals surface area contributed by atoms with E-state index in [0.717, 1.165) is 18.5 Å². The number of carbonyl (C=O) groups excluding carboxylic acids is 1. The molecule has 0 radical (unpaired) electrons. The van der Waals surface area contributed by atoms with E-state index < -0.39 is 5.97 Å². The molecule has 1 heterocycles. The van der Waals surface area contributed by atoms with E-state index in [9.17, 15) is 9.59 Å². The molecule has 0 unspecified atom stereocenters. The highest BCUT2D eigenvalue weighted by Gasteiger charge is 2.34. The minimum absolute atomic E-state index is 0.0520. The first-order valence-corrected chi connectivity index (χ1v) is 7.44. The molecular weight excluding hydrogens is 284 g/mol. The van der Waals surface area contributed by atoms with E-state index in [1.807, 2.05) is 18.7 Å². The third kappa shape index (κ3) is 4.42. The third-order valence-corrected chi connectivity index (χ3v) is 3.86. The van der Waals surface area contributed by atoms with Crippen molar-refractivity contribution < 1.29 is 14.7 Å². The van der Waals surface area contributed by atoms with Gasteiger partial charge in [-0.2, -0.15) is 0 Å². The van der Waals surface area contributed by atoms with Crippen molar-refractivity contribution in [1.82, 2.24) is 15.2 Å². The minimum atomic E-state index is -0.816. The summed E-state index contributed by atoms with van der Waals surface area (Å²) >= 11 is 0. The molecule has 0 bridgehead atoms. The van der Waals surface area contributed by atoms with Gasteiger partial charge in [-0.05, 0) is 38.4 Å². The van der Waals surface area contributed by atoms with Gasteiger partial charge in [0.1, 0.15) is 0 Å². The van der Waals surface area contributed by atoms with Crippen LogP contribution in [0.1, 0.15) is 25.5 Å². The molecule has 1 aromatic heterocycles. The van der Waals surface area contributed by atoms with Crippen LogP contribution in [-0.2, 0) is 4.79 Å². The summed E-state index contributed by atoms with van der Waals surface area (Å²) in [6.07, 6.45) is 3.21. The number of amides is 2. The van der Waals surface area contributed by atoms with Crippen molar-refractivity contribution in [3.05, 3.63) is 24.0 Å². The van der Waals surface area contributed by atoms with Crippen LogP contribution >= 0.6 is 0 Å². The summed E-state index contributed by atoms with van der Waals surface area (Å²) in [4.78, 5) is 28.7. The zero-order chi connectivity index (χ0) is 16.1. The molecule has 1 saturated carbocycles. The number of rotatable bonds is 6. The van der Waals surface area contributed by atoms with E-state index >= 15 is 0 Å². The number of aliphatic carboxylic acids is 1. The Labute approximate surface area is 129 Å². The lowest BCUT2D eigenvalue weighted by atomic mass is 9.85. The predicted molar refractivity (Wildman–Crippen MR) is 82.8 cm³/mol. The number of nitrogens with zero attached hydrogens (tertiary/aromatic N) is 2. The van der Waals surface area contributed by atoms with Gasteiger partial charge in [-0.25, -0.2) is 4.79 Å². The maximum atomic E-state index is 11.9.